The van der Waals surface area contributed by atoms with Gasteiger partial charge in [-0.25, -0.2) is 13.4 Å². The molecule has 0 aliphatic heterocycles. The van der Waals surface area contributed by atoms with E-state index in [0.717, 1.165) is 15.2 Å². The summed E-state index contributed by atoms with van der Waals surface area (Å²) >= 11 is 2.17. The molecule has 1 aromatic carbocycles. The Morgan fingerprint density at radius 3 is 2.67 bits per heavy atom. The van der Waals surface area contributed by atoms with Gasteiger partial charge in [-0.3, -0.25) is 9.52 Å². The predicted octanol–water partition coefficient (Wildman–Crippen LogP) is 2.46. The van der Waals surface area contributed by atoms with Crippen molar-refractivity contribution < 1.29 is 8.42 Å². The van der Waals surface area contributed by atoms with E-state index < -0.39 is 10.0 Å². The first-order chi connectivity index (χ1) is 9.85. The van der Waals surface area contributed by atoms with Gasteiger partial charge in [-0.15, -0.1) is 11.3 Å². The topological polar surface area (TPSA) is 91.9 Å². The van der Waals surface area contributed by atoms with Crippen LogP contribution < -0.4 is 9.60 Å². The molecule has 110 valence electrons. The molecule has 0 amide bonds. The van der Waals surface area contributed by atoms with Gasteiger partial charge in [0.25, 0.3) is 10.0 Å². The van der Waals surface area contributed by atoms with Crippen molar-refractivity contribution in [2.45, 2.75) is 18.1 Å². The third kappa shape index (κ3) is 2.71. The first kappa shape index (κ1) is 14.2. The van der Waals surface area contributed by atoms with Gasteiger partial charge in [0.15, 0.2) is 4.21 Å². The molecule has 2 heterocycles. The number of aromatic nitrogens is 2. The first-order valence-electron chi connectivity index (χ1n) is 5.95. The largest absolute Gasteiger partial charge is 0.315 e. The smallest absolute Gasteiger partial charge is 0.306 e. The summed E-state index contributed by atoms with van der Waals surface area (Å²) in [5.74, 6) is 0. The van der Waals surface area contributed by atoms with Crippen molar-refractivity contribution in [3.05, 3.63) is 38.6 Å². The third-order valence-electron chi connectivity index (χ3n) is 2.77. The molecule has 3 rings (SSSR count). The highest BCUT2D eigenvalue weighted by atomic mass is 32.2. The van der Waals surface area contributed by atoms with Crippen LogP contribution in [-0.4, -0.2) is 18.4 Å². The standard InChI is InChI=1S/C12H11N3O3S3/c1-6-11(20-12(16)13-6)21(17,18)15-8-3-4-9-10(5-8)19-7(2)14-9/h3-5,15H,1-2H3,(H,13,16). The zero-order valence-electron chi connectivity index (χ0n) is 11.1. The minimum Gasteiger partial charge on any atom is -0.315 e. The van der Waals surface area contributed by atoms with Crippen LogP contribution in [0.15, 0.2) is 27.2 Å². The van der Waals surface area contributed by atoms with Crippen LogP contribution in [0.25, 0.3) is 10.2 Å². The SMILES string of the molecule is Cc1nc2ccc(NS(=O)(=O)c3sc(=O)[nH]c3C)cc2s1. The van der Waals surface area contributed by atoms with Gasteiger partial charge >= 0.3 is 4.87 Å². The first-order valence-corrected chi connectivity index (χ1v) is 9.06. The van der Waals surface area contributed by atoms with E-state index >= 15 is 0 Å². The molecule has 0 aliphatic rings. The van der Waals surface area contributed by atoms with E-state index in [4.69, 9.17) is 0 Å². The molecule has 0 unspecified atom stereocenters. The number of thiazole rings is 2. The van der Waals surface area contributed by atoms with E-state index in [1.54, 1.807) is 25.1 Å². The van der Waals surface area contributed by atoms with Crippen molar-refractivity contribution in [2.75, 3.05) is 4.72 Å². The van der Waals surface area contributed by atoms with Crippen LogP contribution in [-0.2, 0) is 10.0 Å². The third-order valence-corrected chi connectivity index (χ3v) is 6.69. The summed E-state index contributed by atoms with van der Waals surface area (Å²) in [6, 6.07) is 5.16. The van der Waals surface area contributed by atoms with Crippen molar-refractivity contribution in [1.29, 1.82) is 0 Å². The Labute approximate surface area is 128 Å². The molecule has 0 atom stereocenters. The number of H-pyrrole nitrogens is 1. The van der Waals surface area contributed by atoms with Crippen LogP contribution in [0.4, 0.5) is 5.69 Å². The molecule has 2 N–H and O–H groups in total. The maximum atomic E-state index is 12.3. The van der Waals surface area contributed by atoms with Gasteiger partial charge in [-0.1, -0.05) is 11.3 Å². The van der Waals surface area contributed by atoms with Crippen LogP contribution >= 0.6 is 22.7 Å². The van der Waals surface area contributed by atoms with Crippen LogP contribution in [0.1, 0.15) is 10.7 Å². The summed E-state index contributed by atoms with van der Waals surface area (Å²) in [5, 5.41) is 0.921. The number of benzene rings is 1. The number of nitrogens with one attached hydrogen (secondary N) is 2. The van der Waals surface area contributed by atoms with Gasteiger partial charge in [-0.2, -0.15) is 0 Å². The molecule has 9 heteroatoms. The number of nitrogens with zero attached hydrogens (tertiary/aromatic N) is 1. The normalized spacial score (nSPS) is 11.9. The Morgan fingerprint density at radius 2 is 2.00 bits per heavy atom. The Morgan fingerprint density at radius 1 is 1.24 bits per heavy atom. The number of hydrogen-bond donors (Lipinski definition) is 2. The predicted molar refractivity (Wildman–Crippen MR) is 84.8 cm³/mol. The number of aromatic amines is 1. The maximum Gasteiger partial charge on any atom is 0.306 e. The number of hydrogen-bond acceptors (Lipinski definition) is 6. The highest BCUT2D eigenvalue weighted by Crippen LogP contribution is 2.27. The van der Waals surface area contributed by atoms with Crippen LogP contribution in [0.5, 0.6) is 0 Å². The lowest BCUT2D eigenvalue weighted by Crippen LogP contribution is -2.12. The molecular formula is C12H11N3O3S3. The van der Waals surface area contributed by atoms with Crippen LogP contribution in [0.3, 0.4) is 0 Å². The number of rotatable bonds is 3. The zero-order valence-corrected chi connectivity index (χ0v) is 13.6. The lowest BCUT2D eigenvalue weighted by molar-refractivity contribution is 0.602. The monoisotopic (exact) mass is 341 g/mol. The second kappa shape index (κ2) is 4.93. The van der Waals surface area contributed by atoms with Gasteiger partial charge in [0, 0.05) is 5.69 Å². The van der Waals surface area contributed by atoms with E-state index in [1.807, 2.05) is 6.92 Å². The van der Waals surface area contributed by atoms with E-state index in [0.29, 0.717) is 22.7 Å². The summed E-state index contributed by atoms with van der Waals surface area (Å²) < 4.78 is 28.0. The lowest BCUT2D eigenvalue weighted by Gasteiger charge is -2.06. The summed E-state index contributed by atoms with van der Waals surface area (Å²) in [6.45, 7) is 3.46. The van der Waals surface area contributed by atoms with Crippen molar-refractivity contribution in [3.8, 4) is 0 Å². The van der Waals surface area contributed by atoms with Crippen molar-refractivity contribution >= 4 is 48.6 Å². The molecule has 6 nitrogen and oxygen atoms in total. The summed E-state index contributed by atoms with van der Waals surface area (Å²) in [6.07, 6.45) is 0. The Kier molecular flexibility index (Phi) is 3.34. The maximum absolute atomic E-state index is 12.3. The quantitative estimate of drug-likeness (QED) is 0.765. The Bertz CT molecular complexity index is 982. The molecular weight excluding hydrogens is 330 g/mol. The van der Waals surface area contributed by atoms with Crippen molar-refractivity contribution in [1.82, 2.24) is 9.97 Å². The second-order valence-electron chi connectivity index (χ2n) is 4.45. The number of sulfonamides is 1. The molecule has 0 fully saturated rings. The Hall–Kier alpha value is -1.71. The lowest BCUT2D eigenvalue weighted by atomic mass is 10.3. The fraction of sp³-hybridized carbons (Fsp3) is 0.167. The molecule has 21 heavy (non-hydrogen) atoms. The van der Waals surface area contributed by atoms with Gasteiger partial charge in [0.05, 0.1) is 20.9 Å². The molecule has 0 radical (unpaired) electrons. The fourth-order valence-electron chi connectivity index (χ4n) is 1.95. The molecule has 0 bridgehead atoms. The molecule has 0 saturated heterocycles. The van der Waals surface area contributed by atoms with E-state index in [1.165, 1.54) is 11.3 Å². The minimum atomic E-state index is -3.76. The summed E-state index contributed by atoms with van der Waals surface area (Å²) in [4.78, 5) is 17.7. The van der Waals surface area contributed by atoms with Gasteiger partial charge in [0.1, 0.15) is 0 Å². The van der Waals surface area contributed by atoms with E-state index in [2.05, 4.69) is 14.7 Å². The average Bonchev–Trinajstić information content (AvgIpc) is 2.90. The van der Waals surface area contributed by atoms with Gasteiger partial charge in [-0.05, 0) is 32.0 Å². The zero-order chi connectivity index (χ0) is 15.2. The molecule has 0 aliphatic carbocycles. The average molecular weight is 341 g/mol. The van der Waals surface area contributed by atoms with Crippen molar-refractivity contribution in [3.63, 3.8) is 0 Å². The number of aryl methyl sites for hydroxylation is 2. The van der Waals surface area contributed by atoms with Crippen LogP contribution in [0.2, 0.25) is 0 Å². The fourth-order valence-corrected chi connectivity index (χ4v) is 5.17. The summed E-state index contributed by atoms with van der Waals surface area (Å²) in [7, 11) is -3.76. The molecule has 0 spiro atoms. The van der Waals surface area contributed by atoms with E-state index in [-0.39, 0.29) is 9.08 Å². The second-order valence-corrected chi connectivity index (χ2v) is 8.54. The van der Waals surface area contributed by atoms with E-state index in [9.17, 15) is 13.2 Å². The highest BCUT2D eigenvalue weighted by Gasteiger charge is 2.20. The van der Waals surface area contributed by atoms with Crippen molar-refractivity contribution in [2.24, 2.45) is 0 Å². The molecule has 2 aromatic heterocycles. The number of anilines is 1. The number of fused-ring (bicyclic) bond motifs is 1. The highest BCUT2D eigenvalue weighted by molar-refractivity contribution is 7.94. The van der Waals surface area contributed by atoms with Gasteiger partial charge < -0.3 is 4.98 Å². The van der Waals surface area contributed by atoms with Gasteiger partial charge in [0.2, 0.25) is 0 Å². The Balaban J connectivity index is 2.00. The summed E-state index contributed by atoms with van der Waals surface area (Å²) in [5.41, 5.74) is 1.63. The minimum absolute atomic E-state index is 0.00748. The van der Waals surface area contributed by atoms with Crippen LogP contribution in [0, 0.1) is 13.8 Å². The molecule has 3 aromatic rings. The molecule has 0 saturated carbocycles.